The summed E-state index contributed by atoms with van der Waals surface area (Å²) in [6.07, 6.45) is 0.972. The standard InChI is InChI=1S/C22H22N4O3S3/c1-13-3-5-16(6-4-13)32(28,29)26-11-9-15(10-12-26)21(27)25-22-24-18-8-7-17-19(20(18)31-22)30-14(2)23-17/h3-8,15H,9-12H2,1-2H3,(H,24,25,27). The first-order chi connectivity index (χ1) is 15.3. The lowest BCUT2D eigenvalue weighted by Gasteiger charge is -2.30. The number of carbonyl (C=O) groups excluding carboxylic acids is 1. The molecular formula is C22H22N4O3S3. The van der Waals surface area contributed by atoms with Crippen LogP contribution in [-0.2, 0) is 14.8 Å². The fraction of sp³-hybridized carbons (Fsp3) is 0.318. The van der Waals surface area contributed by atoms with Crippen molar-refractivity contribution >= 4 is 64.2 Å². The van der Waals surface area contributed by atoms with E-state index in [1.165, 1.54) is 15.6 Å². The van der Waals surface area contributed by atoms with E-state index in [9.17, 15) is 13.2 Å². The Morgan fingerprint density at radius 1 is 0.969 bits per heavy atom. The van der Waals surface area contributed by atoms with E-state index in [1.807, 2.05) is 26.0 Å². The average Bonchev–Trinajstić information content (AvgIpc) is 3.36. The molecule has 2 aromatic carbocycles. The molecule has 1 aliphatic heterocycles. The van der Waals surface area contributed by atoms with Crippen molar-refractivity contribution in [3.05, 3.63) is 47.0 Å². The maximum Gasteiger partial charge on any atom is 0.243 e. The van der Waals surface area contributed by atoms with E-state index in [2.05, 4.69) is 15.3 Å². The predicted molar refractivity (Wildman–Crippen MR) is 129 cm³/mol. The van der Waals surface area contributed by atoms with Gasteiger partial charge in [0, 0.05) is 19.0 Å². The minimum atomic E-state index is -3.54. The van der Waals surface area contributed by atoms with Crippen molar-refractivity contribution in [3.8, 4) is 0 Å². The number of benzene rings is 2. The minimum absolute atomic E-state index is 0.104. The Morgan fingerprint density at radius 2 is 1.59 bits per heavy atom. The molecule has 5 rings (SSSR count). The number of nitrogens with one attached hydrogen (secondary N) is 1. The van der Waals surface area contributed by atoms with Crippen LogP contribution >= 0.6 is 22.7 Å². The van der Waals surface area contributed by atoms with Gasteiger partial charge in [-0.1, -0.05) is 29.0 Å². The average molecular weight is 487 g/mol. The van der Waals surface area contributed by atoms with Crippen molar-refractivity contribution < 1.29 is 13.2 Å². The third-order valence-corrected chi connectivity index (χ3v) is 9.78. The summed E-state index contributed by atoms with van der Waals surface area (Å²) < 4.78 is 29.4. The molecule has 166 valence electrons. The number of nitrogens with zero attached hydrogens (tertiary/aromatic N) is 3. The van der Waals surface area contributed by atoms with Crippen molar-refractivity contribution in [2.75, 3.05) is 18.4 Å². The van der Waals surface area contributed by atoms with Crippen LogP contribution in [-0.4, -0.2) is 41.7 Å². The molecule has 0 atom stereocenters. The van der Waals surface area contributed by atoms with Gasteiger partial charge in [0.1, 0.15) is 0 Å². The Morgan fingerprint density at radius 3 is 2.28 bits per heavy atom. The number of fused-ring (bicyclic) bond motifs is 3. The maximum absolute atomic E-state index is 12.9. The summed E-state index contributed by atoms with van der Waals surface area (Å²) in [7, 11) is -3.54. The van der Waals surface area contributed by atoms with Crippen LogP contribution < -0.4 is 5.32 Å². The third kappa shape index (κ3) is 3.92. The van der Waals surface area contributed by atoms with Crippen LogP contribution in [0, 0.1) is 19.8 Å². The molecule has 0 aliphatic carbocycles. The molecule has 4 aromatic rings. The van der Waals surface area contributed by atoms with E-state index in [1.54, 1.807) is 35.6 Å². The number of sulfonamides is 1. The van der Waals surface area contributed by atoms with Crippen LogP contribution in [0.25, 0.3) is 20.4 Å². The SMILES string of the molecule is Cc1ccc(S(=O)(=O)N2CCC(C(=O)Nc3nc4ccc5nc(C)sc5c4s3)CC2)cc1. The fourth-order valence-electron chi connectivity index (χ4n) is 3.96. The second-order valence-electron chi connectivity index (χ2n) is 7.99. The highest BCUT2D eigenvalue weighted by molar-refractivity contribution is 7.89. The number of aromatic nitrogens is 2. The first-order valence-corrected chi connectivity index (χ1v) is 13.4. The molecule has 1 aliphatic rings. The topological polar surface area (TPSA) is 92.3 Å². The largest absolute Gasteiger partial charge is 0.302 e. The lowest BCUT2D eigenvalue weighted by molar-refractivity contribution is -0.120. The Bertz CT molecular complexity index is 1420. The molecule has 7 nitrogen and oxygen atoms in total. The summed E-state index contributed by atoms with van der Waals surface area (Å²) in [5.74, 6) is -0.342. The molecular weight excluding hydrogens is 464 g/mol. The zero-order chi connectivity index (χ0) is 22.5. The number of hydrogen-bond donors (Lipinski definition) is 1. The summed E-state index contributed by atoms with van der Waals surface area (Å²) in [6, 6.07) is 10.8. The number of rotatable bonds is 4. The molecule has 1 saturated heterocycles. The molecule has 0 saturated carbocycles. The van der Waals surface area contributed by atoms with Crippen molar-refractivity contribution in [2.45, 2.75) is 31.6 Å². The zero-order valence-electron chi connectivity index (χ0n) is 17.7. The van der Waals surface area contributed by atoms with Crippen LogP contribution in [0.15, 0.2) is 41.3 Å². The van der Waals surface area contributed by atoms with Crippen LogP contribution in [0.4, 0.5) is 5.13 Å². The van der Waals surface area contributed by atoms with Gasteiger partial charge in [0.05, 0.1) is 30.3 Å². The van der Waals surface area contributed by atoms with Crippen molar-refractivity contribution in [1.29, 1.82) is 0 Å². The molecule has 10 heteroatoms. The van der Waals surface area contributed by atoms with E-state index in [4.69, 9.17) is 0 Å². The van der Waals surface area contributed by atoms with Gasteiger partial charge in [-0.15, -0.1) is 11.3 Å². The molecule has 0 bridgehead atoms. The molecule has 2 aromatic heterocycles. The highest BCUT2D eigenvalue weighted by Crippen LogP contribution is 2.36. The number of carbonyl (C=O) groups is 1. The van der Waals surface area contributed by atoms with Gasteiger partial charge < -0.3 is 5.32 Å². The second kappa shape index (κ2) is 8.18. The summed E-state index contributed by atoms with van der Waals surface area (Å²) in [6.45, 7) is 4.56. The number of thiazole rings is 2. The molecule has 0 spiro atoms. The van der Waals surface area contributed by atoms with Gasteiger partial charge in [-0.25, -0.2) is 18.4 Å². The summed E-state index contributed by atoms with van der Waals surface area (Å²) in [5, 5.41) is 4.52. The first-order valence-electron chi connectivity index (χ1n) is 10.4. The second-order valence-corrected chi connectivity index (χ2v) is 12.1. The van der Waals surface area contributed by atoms with Crippen LogP contribution in [0.5, 0.6) is 0 Å². The highest BCUT2D eigenvalue weighted by Gasteiger charge is 2.32. The van der Waals surface area contributed by atoms with Crippen LogP contribution in [0.2, 0.25) is 0 Å². The number of amides is 1. The molecule has 1 N–H and O–H groups in total. The Balaban J connectivity index is 1.26. The van der Waals surface area contributed by atoms with Gasteiger partial charge in [0.25, 0.3) is 0 Å². The number of anilines is 1. The minimum Gasteiger partial charge on any atom is -0.302 e. The smallest absolute Gasteiger partial charge is 0.243 e. The Hall–Kier alpha value is -2.40. The summed E-state index contributed by atoms with van der Waals surface area (Å²) >= 11 is 3.08. The van der Waals surface area contributed by atoms with Crippen LogP contribution in [0.3, 0.4) is 0 Å². The number of hydrogen-bond acceptors (Lipinski definition) is 7. The number of aryl methyl sites for hydroxylation is 2. The molecule has 1 amide bonds. The molecule has 0 radical (unpaired) electrons. The lowest BCUT2D eigenvalue weighted by Crippen LogP contribution is -2.41. The lowest BCUT2D eigenvalue weighted by atomic mass is 9.97. The summed E-state index contributed by atoms with van der Waals surface area (Å²) in [4.78, 5) is 22.2. The molecule has 0 unspecified atom stereocenters. The molecule has 1 fully saturated rings. The third-order valence-electron chi connectivity index (χ3n) is 5.73. The van der Waals surface area contributed by atoms with Crippen LogP contribution in [0.1, 0.15) is 23.4 Å². The quantitative estimate of drug-likeness (QED) is 0.456. The van der Waals surface area contributed by atoms with Gasteiger partial charge in [0.15, 0.2) is 5.13 Å². The Kier molecular flexibility index (Phi) is 5.48. The molecule has 32 heavy (non-hydrogen) atoms. The first kappa shape index (κ1) is 21.4. The van der Waals surface area contributed by atoms with E-state index in [0.29, 0.717) is 36.0 Å². The van der Waals surface area contributed by atoms with E-state index in [0.717, 1.165) is 31.0 Å². The number of piperidine rings is 1. The van der Waals surface area contributed by atoms with Crippen molar-refractivity contribution in [1.82, 2.24) is 14.3 Å². The highest BCUT2D eigenvalue weighted by atomic mass is 32.2. The fourth-order valence-corrected chi connectivity index (χ4v) is 7.44. The van der Waals surface area contributed by atoms with Crippen molar-refractivity contribution in [2.24, 2.45) is 5.92 Å². The van der Waals surface area contributed by atoms with E-state index in [-0.39, 0.29) is 11.8 Å². The predicted octanol–water partition coefficient (Wildman–Crippen LogP) is 4.56. The van der Waals surface area contributed by atoms with E-state index < -0.39 is 10.0 Å². The zero-order valence-corrected chi connectivity index (χ0v) is 20.1. The Labute approximate surface area is 194 Å². The van der Waals surface area contributed by atoms with Crippen molar-refractivity contribution in [3.63, 3.8) is 0 Å². The molecule has 3 heterocycles. The summed E-state index contributed by atoms with van der Waals surface area (Å²) in [5.41, 5.74) is 2.81. The van der Waals surface area contributed by atoms with Gasteiger partial charge >= 0.3 is 0 Å². The van der Waals surface area contributed by atoms with Gasteiger partial charge in [-0.05, 0) is 51.0 Å². The monoisotopic (exact) mass is 486 g/mol. The van der Waals surface area contributed by atoms with Gasteiger partial charge in [0.2, 0.25) is 15.9 Å². The normalized spacial score (nSPS) is 16.1. The van der Waals surface area contributed by atoms with Gasteiger partial charge in [-0.2, -0.15) is 4.31 Å². The van der Waals surface area contributed by atoms with Gasteiger partial charge in [-0.3, -0.25) is 4.79 Å². The van der Waals surface area contributed by atoms with E-state index >= 15 is 0 Å². The maximum atomic E-state index is 12.9.